The first-order valence-electron chi connectivity index (χ1n) is 5.79. The molecule has 1 heterocycles. The van der Waals surface area contributed by atoms with Gasteiger partial charge in [0.1, 0.15) is 5.75 Å². The van der Waals surface area contributed by atoms with Crippen LogP contribution in [-0.4, -0.2) is 30.5 Å². The molecule has 0 bridgehead atoms. The Hall–Kier alpha value is -1.49. The van der Waals surface area contributed by atoms with Crippen molar-refractivity contribution in [2.45, 2.75) is 13.3 Å². The van der Waals surface area contributed by atoms with E-state index >= 15 is 0 Å². The number of aliphatic imine (C=N–C) groups is 1. The number of hydrogen-bond donors (Lipinski definition) is 1. The Morgan fingerprint density at radius 1 is 1.56 bits per heavy atom. The lowest BCUT2D eigenvalue weighted by Crippen LogP contribution is -2.28. The smallest absolute Gasteiger partial charge is 0.230 e. The molecule has 4 nitrogen and oxygen atoms in total. The number of nitrogens with zero attached hydrogens (tertiary/aromatic N) is 1. The SMILES string of the molecule is COc1ccc(C)cc1CC(=O)NC1=NCCS1. The summed E-state index contributed by atoms with van der Waals surface area (Å²) in [5, 5.41) is 3.54. The van der Waals surface area contributed by atoms with E-state index in [4.69, 9.17) is 4.74 Å². The van der Waals surface area contributed by atoms with Crippen molar-refractivity contribution >= 4 is 22.8 Å². The molecule has 5 heteroatoms. The number of ether oxygens (including phenoxy) is 1. The first kappa shape index (κ1) is 13.0. The molecule has 0 atom stereocenters. The standard InChI is InChI=1S/C13H16N2O2S/c1-9-3-4-11(17-2)10(7-9)8-12(16)15-13-14-5-6-18-13/h3-4,7H,5-6,8H2,1-2H3,(H,14,15,16). The lowest BCUT2D eigenvalue weighted by atomic mass is 10.1. The van der Waals surface area contributed by atoms with Crippen LogP contribution in [0.25, 0.3) is 0 Å². The van der Waals surface area contributed by atoms with Crippen LogP contribution >= 0.6 is 11.8 Å². The Morgan fingerprint density at radius 2 is 2.39 bits per heavy atom. The molecule has 0 fully saturated rings. The Morgan fingerprint density at radius 3 is 3.06 bits per heavy atom. The molecule has 96 valence electrons. The van der Waals surface area contributed by atoms with Crippen molar-refractivity contribution in [1.82, 2.24) is 5.32 Å². The molecule has 0 aliphatic carbocycles. The summed E-state index contributed by atoms with van der Waals surface area (Å²) < 4.78 is 5.26. The van der Waals surface area contributed by atoms with Crippen molar-refractivity contribution in [1.29, 1.82) is 0 Å². The zero-order chi connectivity index (χ0) is 13.0. The molecule has 1 amide bonds. The molecule has 0 spiro atoms. The van der Waals surface area contributed by atoms with Gasteiger partial charge in [0.05, 0.1) is 20.1 Å². The highest BCUT2D eigenvalue weighted by molar-refractivity contribution is 8.14. The fourth-order valence-corrected chi connectivity index (χ4v) is 2.54. The highest BCUT2D eigenvalue weighted by Crippen LogP contribution is 2.20. The van der Waals surface area contributed by atoms with Gasteiger partial charge in [0.2, 0.25) is 5.91 Å². The van der Waals surface area contributed by atoms with E-state index < -0.39 is 0 Å². The molecule has 1 aliphatic heterocycles. The largest absolute Gasteiger partial charge is 0.496 e. The number of hydrogen-bond acceptors (Lipinski definition) is 4. The van der Waals surface area contributed by atoms with E-state index in [1.54, 1.807) is 18.9 Å². The summed E-state index contributed by atoms with van der Waals surface area (Å²) in [6, 6.07) is 5.83. The Balaban J connectivity index is 2.03. The number of nitrogens with one attached hydrogen (secondary N) is 1. The van der Waals surface area contributed by atoms with Crippen LogP contribution in [0.1, 0.15) is 11.1 Å². The predicted molar refractivity (Wildman–Crippen MR) is 74.3 cm³/mol. The zero-order valence-corrected chi connectivity index (χ0v) is 11.3. The Bertz CT molecular complexity index is 486. The van der Waals surface area contributed by atoms with Crippen molar-refractivity contribution in [3.8, 4) is 5.75 Å². The number of methoxy groups -OCH3 is 1. The molecule has 0 radical (unpaired) electrons. The van der Waals surface area contributed by atoms with Gasteiger partial charge in [0, 0.05) is 11.3 Å². The maximum absolute atomic E-state index is 11.9. The minimum atomic E-state index is -0.0490. The first-order valence-corrected chi connectivity index (χ1v) is 6.78. The van der Waals surface area contributed by atoms with Gasteiger partial charge in [0.15, 0.2) is 5.17 Å². The Kier molecular flexibility index (Phi) is 4.25. The van der Waals surface area contributed by atoms with E-state index in [1.165, 1.54) is 0 Å². The monoisotopic (exact) mass is 264 g/mol. The number of carbonyl (C=O) groups excluding carboxylic acids is 1. The summed E-state index contributed by atoms with van der Waals surface area (Å²) in [5.41, 5.74) is 2.02. The van der Waals surface area contributed by atoms with Gasteiger partial charge in [-0.3, -0.25) is 9.79 Å². The maximum atomic E-state index is 11.9. The van der Waals surface area contributed by atoms with Crippen LogP contribution in [0, 0.1) is 6.92 Å². The van der Waals surface area contributed by atoms with Crippen LogP contribution in [0.15, 0.2) is 23.2 Å². The van der Waals surface area contributed by atoms with Crippen molar-refractivity contribution in [2.24, 2.45) is 4.99 Å². The molecule has 1 aliphatic rings. The van der Waals surface area contributed by atoms with Crippen LogP contribution in [0.3, 0.4) is 0 Å². The minimum absolute atomic E-state index is 0.0490. The molecular formula is C13H16N2O2S. The van der Waals surface area contributed by atoms with E-state index in [0.29, 0.717) is 6.42 Å². The van der Waals surface area contributed by atoms with Crippen LogP contribution in [0.5, 0.6) is 5.75 Å². The molecular weight excluding hydrogens is 248 g/mol. The van der Waals surface area contributed by atoms with Crippen molar-refractivity contribution in [3.05, 3.63) is 29.3 Å². The van der Waals surface area contributed by atoms with Gasteiger partial charge in [-0.05, 0) is 13.0 Å². The van der Waals surface area contributed by atoms with Crippen LogP contribution in [0.2, 0.25) is 0 Å². The molecule has 2 rings (SSSR count). The molecule has 1 N–H and O–H groups in total. The molecule has 18 heavy (non-hydrogen) atoms. The number of amidine groups is 1. The summed E-state index contributed by atoms with van der Waals surface area (Å²) in [6.07, 6.45) is 0.310. The van der Waals surface area contributed by atoms with E-state index in [0.717, 1.165) is 34.3 Å². The molecule has 1 aromatic rings. The van der Waals surface area contributed by atoms with Crippen LogP contribution in [0.4, 0.5) is 0 Å². The maximum Gasteiger partial charge on any atom is 0.230 e. The fourth-order valence-electron chi connectivity index (χ4n) is 1.79. The second kappa shape index (κ2) is 5.91. The van der Waals surface area contributed by atoms with Gasteiger partial charge < -0.3 is 10.1 Å². The number of amides is 1. The van der Waals surface area contributed by atoms with Crippen molar-refractivity contribution < 1.29 is 9.53 Å². The molecule has 0 aromatic heterocycles. The molecule has 1 aromatic carbocycles. The molecule has 0 unspecified atom stereocenters. The third-order valence-electron chi connectivity index (χ3n) is 2.62. The van der Waals surface area contributed by atoms with E-state index in [2.05, 4.69) is 10.3 Å². The quantitative estimate of drug-likeness (QED) is 0.905. The lowest BCUT2D eigenvalue weighted by molar-refractivity contribution is -0.119. The summed E-state index contributed by atoms with van der Waals surface area (Å²) >= 11 is 1.58. The average molecular weight is 264 g/mol. The summed E-state index contributed by atoms with van der Waals surface area (Å²) in [7, 11) is 1.61. The third kappa shape index (κ3) is 3.26. The van der Waals surface area contributed by atoms with Crippen molar-refractivity contribution in [3.63, 3.8) is 0 Å². The van der Waals surface area contributed by atoms with E-state index in [-0.39, 0.29) is 5.91 Å². The van der Waals surface area contributed by atoms with Gasteiger partial charge in [-0.1, -0.05) is 29.5 Å². The van der Waals surface area contributed by atoms with Crippen LogP contribution < -0.4 is 10.1 Å². The van der Waals surface area contributed by atoms with Gasteiger partial charge in [-0.25, -0.2) is 0 Å². The van der Waals surface area contributed by atoms with Gasteiger partial charge in [-0.2, -0.15) is 0 Å². The number of thioether (sulfide) groups is 1. The first-order chi connectivity index (χ1) is 8.69. The normalized spacial score (nSPS) is 14.2. The van der Waals surface area contributed by atoms with Gasteiger partial charge in [0.25, 0.3) is 0 Å². The van der Waals surface area contributed by atoms with E-state index in [1.807, 2.05) is 25.1 Å². The highest BCUT2D eigenvalue weighted by Gasteiger charge is 2.13. The molecule has 0 saturated carbocycles. The number of carbonyl (C=O) groups is 1. The van der Waals surface area contributed by atoms with Gasteiger partial charge >= 0.3 is 0 Å². The summed E-state index contributed by atoms with van der Waals surface area (Å²) in [5.74, 6) is 1.65. The third-order valence-corrected chi connectivity index (χ3v) is 3.51. The second-order valence-electron chi connectivity index (χ2n) is 4.08. The van der Waals surface area contributed by atoms with Crippen LogP contribution in [-0.2, 0) is 11.2 Å². The fraction of sp³-hybridized carbons (Fsp3) is 0.385. The zero-order valence-electron chi connectivity index (χ0n) is 10.5. The van der Waals surface area contributed by atoms with E-state index in [9.17, 15) is 4.79 Å². The Labute approximate surface area is 111 Å². The topological polar surface area (TPSA) is 50.7 Å². The predicted octanol–water partition coefficient (Wildman–Crippen LogP) is 1.77. The number of aryl methyl sites for hydroxylation is 1. The number of rotatable bonds is 3. The second-order valence-corrected chi connectivity index (χ2v) is 5.16. The molecule has 0 saturated heterocycles. The lowest BCUT2D eigenvalue weighted by Gasteiger charge is -2.09. The summed E-state index contributed by atoms with van der Waals surface area (Å²) in [6.45, 7) is 2.78. The highest BCUT2D eigenvalue weighted by atomic mass is 32.2. The minimum Gasteiger partial charge on any atom is -0.496 e. The van der Waals surface area contributed by atoms with Crippen molar-refractivity contribution in [2.75, 3.05) is 19.4 Å². The summed E-state index contributed by atoms with van der Waals surface area (Å²) in [4.78, 5) is 16.1. The van der Waals surface area contributed by atoms with Gasteiger partial charge in [-0.15, -0.1) is 0 Å². The average Bonchev–Trinajstić information content (AvgIpc) is 2.82. The number of benzene rings is 1.